The summed E-state index contributed by atoms with van der Waals surface area (Å²) in [5, 5.41) is 3.18. The Morgan fingerprint density at radius 2 is 1.70 bits per heavy atom. The van der Waals surface area contributed by atoms with Gasteiger partial charge in [0.15, 0.2) is 15.0 Å². The average Bonchev–Trinajstić information content (AvgIpc) is 2.78. The van der Waals surface area contributed by atoms with E-state index in [2.05, 4.69) is 10.3 Å². The zero-order valence-electron chi connectivity index (χ0n) is 17.4. The Hall–Kier alpha value is -3.50. The van der Waals surface area contributed by atoms with Crippen molar-refractivity contribution in [1.82, 2.24) is 9.55 Å². The van der Waals surface area contributed by atoms with Gasteiger partial charge in [-0.3, -0.25) is 14.2 Å². The highest BCUT2D eigenvalue weighted by molar-refractivity contribution is 7.99. The molecule has 168 valence electrons. The van der Waals surface area contributed by atoms with Gasteiger partial charge in [-0.2, -0.15) is 0 Å². The number of hydrogen-bond donors (Lipinski definition) is 1. The minimum atomic E-state index is -3.34. The number of para-hydroxylation sites is 2. The number of aromatic nitrogens is 2. The van der Waals surface area contributed by atoms with Crippen molar-refractivity contribution in [3.05, 3.63) is 89.0 Å². The van der Waals surface area contributed by atoms with E-state index in [1.807, 2.05) is 0 Å². The fourth-order valence-corrected chi connectivity index (χ4v) is 4.60. The first-order chi connectivity index (χ1) is 15.7. The quantitative estimate of drug-likeness (QED) is 0.332. The number of thioether (sulfide) groups is 1. The molecule has 0 spiro atoms. The minimum Gasteiger partial charge on any atom is -0.325 e. The number of amides is 1. The predicted octanol–water partition coefficient (Wildman–Crippen LogP) is 3.66. The number of hydrogen-bond acceptors (Lipinski definition) is 6. The molecule has 0 fully saturated rings. The van der Waals surface area contributed by atoms with Crippen LogP contribution in [0.3, 0.4) is 0 Å². The van der Waals surface area contributed by atoms with Gasteiger partial charge in [0, 0.05) is 11.9 Å². The van der Waals surface area contributed by atoms with Crippen molar-refractivity contribution < 1.29 is 17.6 Å². The maximum atomic E-state index is 14.5. The number of anilines is 1. The van der Waals surface area contributed by atoms with Crippen LogP contribution in [0.5, 0.6) is 0 Å². The molecule has 0 unspecified atom stereocenters. The van der Waals surface area contributed by atoms with Crippen molar-refractivity contribution in [2.24, 2.45) is 0 Å². The van der Waals surface area contributed by atoms with E-state index in [1.165, 1.54) is 42.5 Å². The van der Waals surface area contributed by atoms with Crippen LogP contribution in [-0.2, 0) is 14.6 Å². The van der Waals surface area contributed by atoms with Crippen LogP contribution in [0, 0.1) is 5.82 Å². The van der Waals surface area contributed by atoms with Crippen LogP contribution in [0.15, 0.2) is 87.6 Å². The van der Waals surface area contributed by atoms with Gasteiger partial charge in [0.05, 0.1) is 27.2 Å². The van der Waals surface area contributed by atoms with Gasteiger partial charge in [-0.15, -0.1) is 0 Å². The number of carbonyl (C=O) groups is 1. The van der Waals surface area contributed by atoms with Gasteiger partial charge in [-0.05, 0) is 48.5 Å². The molecule has 1 heterocycles. The Bertz CT molecular complexity index is 1520. The van der Waals surface area contributed by atoms with Crippen molar-refractivity contribution in [2.45, 2.75) is 10.1 Å². The predicted molar refractivity (Wildman–Crippen MR) is 126 cm³/mol. The first-order valence-corrected chi connectivity index (χ1v) is 12.6. The van der Waals surface area contributed by atoms with Crippen LogP contribution >= 0.6 is 11.8 Å². The topological polar surface area (TPSA) is 98.1 Å². The summed E-state index contributed by atoms with van der Waals surface area (Å²) in [6, 6.07) is 18.4. The lowest BCUT2D eigenvalue weighted by atomic mass is 10.2. The fourth-order valence-electron chi connectivity index (χ4n) is 3.17. The van der Waals surface area contributed by atoms with E-state index in [0.29, 0.717) is 16.6 Å². The average molecular weight is 484 g/mol. The van der Waals surface area contributed by atoms with Gasteiger partial charge in [0.1, 0.15) is 5.82 Å². The molecule has 0 atom stereocenters. The molecule has 0 aliphatic rings. The van der Waals surface area contributed by atoms with Gasteiger partial charge < -0.3 is 5.32 Å². The van der Waals surface area contributed by atoms with E-state index < -0.39 is 27.1 Å². The van der Waals surface area contributed by atoms with Gasteiger partial charge in [0.25, 0.3) is 5.56 Å². The van der Waals surface area contributed by atoms with Crippen LogP contribution in [0.25, 0.3) is 16.6 Å². The maximum Gasteiger partial charge on any atom is 0.266 e. The molecular formula is C23H18FN3O4S2. The van der Waals surface area contributed by atoms with Crippen molar-refractivity contribution in [3.63, 3.8) is 0 Å². The summed E-state index contributed by atoms with van der Waals surface area (Å²) in [7, 11) is -3.34. The lowest BCUT2D eigenvalue weighted by Gasteiger charge is -2.14. The van der Waals surface area contributed by atoms with E-state index in [9.17, 15) is 22.4 Å². The highest BCUT2D eigenvalue weighted by Crippen LogP contribution is 2.23. The Morgan fingerprint density at radius 1 is 1.03 bits per heavy atom. The Kier molecular flexibility index (Phi) is 6.30. The minimum absolute atomic E-state index is 0.0417. The van der Waals surface area contributed by atoms with E-state index in [-0.39, 0.29) is 21.5 Å². The molecule has 0 aliphatic heterocycles. The normalized spacial score (nSPS) is 11.5. The third-order valence-corrected chi connectivity index (χ3v) is 6.80. The number of sulfone groups is 1. The highest BCUT2D eigenvalue weighted by Gasteiger charge is 2.17. The number of carbonyl (C=O) groups excluding carboxylic acids is 1. The van der Waals surface area contributed by atoms with Gasteiger partial charge in [0.2, 0.25) is 5.91 Å². The van der Waals surface area contributed by atoms with E-state index in [1.54, 1.807) is 30.3 Å². The highest BCUT2D eigenvalue weighted by atomic mass is 32.2. The van der Waals surface area contributed by atoms with Crippen LogP contribution in [-0.4, -0.2) is 35.9 Å². The number of rotatable bonds is 6. The third kappa shape index (κ3) is 4.96. The first kappa shape index (κ1) is 22.7. The third-order valence-electron chi connectivity index (χ3n) is 4.74. The number of nitrogens with zero attached hydrogens (tertiary/aromatic N) is 2. The molecule has 4 rings (SSSR count). The Morgan fingerprint density at radius 3 is 2.39 bits per heavy atom. The first-order valence-electron chi connectivity index (χ1n) is 9.73. The lowest BCUT2D eigenvalue weighted by Crippen LogP contribution is -2.23. The van der Waals surface area contributed by atoms with Crippen molar-refractivity contribution >= 4 is 44.1 Å². The van der Waals surface area contributed by atoms with E-state index in [0.717, 1.165) is 22.6 Å². The van der Waals surface area contributed by atoms with Crippen LogP contribution < -0.4 is 10.9 Å². The number of nitrogens with one attached hydrogen (secondary N) is 1. The summed E-state index contributed by atoms with van der Waals surface area (Å²) in [5.41, 5.74) is 0.463. The lowest BCUT2D eigenvalue weighted by molar-refractivity contribution is -0.113. The smallest absolute Gasteiger partial charge is 0.266 e. The maximum absolute atomic E-state index is 14.5. The molecule has 1 N–H and O–H groups in total. The van der Waals surface area contributed by atoms with Gasteiger partial charge in [-0.1, -0.05) is 36.0 Å². The summed E-state index contributed by atoms with van der Waals surface area (Å²) in [6.07, 6.45) is 1.10. The molecule has 3 aromatic carbocycles. The molecule has 0 radical (unpaired) electrons. The Labute approximate surface area is 193 Å². The SMILES string of the molecule is CS(=O)(=O)c1ccc(NC(=O)CSc2nc3ccccc3c(=O)n2-c2ccccc2F)cc1. The molecule has 1 aromatic heterocycles. The summed E-state index contributed by atoms with van der Waals surface area (Å²) in [6.45, 7) is 0. The number of benzene rings is 3. The zero-order chi connectivity index (χ0) is 23.6. The van der Waals surface area contributed by atoms with Crippen molar-refractivity contribution in [3.8, 4) is 5.69 Å². The van der Waals surface area contributed by atoms with Crippen LogP contribution in [0.1, 0.15) is 0 Å². The molecule has 0 aliphatic carbocycles. The molecule has 33 heavy (non-hydrogen) atoms. The summed E-state index contributed by atoms with van der Waals surface area (Å²) >= 11 is 0.992. The molecule has 10 heteroatoms. The monoisotopic (exact) mass is 483 g/mol. The summed E-state index contributed by atoms with van der Waals surface area (Å²) in [4.78, 5) is 30.3. The summed E-state index contributed by atoms with van der Waals surface area (Å²) < 4.78 is 38.8. The fraction of sp³-hybridized carbons (Fsp3) is 0.0870. The molecule has 0 saturated heterocycles. The Balaban J connectivity index is 1.62. The summed E-state index contributed by atoms with van der Waals surface area (Å²) in [5.74, 6) is -1.09. The van der Waals surface area contributed by atoms with Crippen molar-refractivity contribution in [2.75, 3.05) is 17.3 Å². The van der Waals surface area contributed by atoms with E-state index in [4.69, 9.17) is 0 Å². The van der Waals surface area contributed by atoms with E-state index >= 15 is 0 Å². The number of fused-ring (bicyclic) bond motifs is 1. The zero-order valence-corrected chi connectivity index (χ0v) is 19.0. The molecule has 1 amide bonds. The molecule has 0 bridgehead atoms. The van der Waals surface area contributed by atoms with Crippen molar-refractivity contribution in [1.29, 1.82) is 0 Å². The standard InChI is InChI=1S/C23H18FN3O4S2/c1-33(30,31)16-12-10-15(11-13-16)25-21(28)14-32-23-26-19-8-4-2-6-17(19)22(29)27(23)20-9-5-3-7-18(20)24/h2-13H,14H2,1H3,(H,25,28). The van der Waals surface area contributed by atoms with Crippen LogP contribution in [0.4, 0.5) is 10.1 Å². The van der Waals surface area contributed by atoms with Crippen LogP contribution in [0.2, 0.25) is 0 Å². The largest absolute Gasteiger partial charge is 0.325 e. The second kappa shape index (κ2) is 9.16. The molecule has 0 saturated carbocycles. The second-order valence-corrected chi connectivity index (χ2v) is 10.1. The van der Waals surface area contributed by atoms with Gasteiger partial charge in [-0.25, -0.2) is 17.8 Å². The molecule has 7 nitrogen and oxygen atoms in total. The number of halogens is 1. The molecule has 4 aromatic rings. The van der Waals surface area contributed by atoms with Gasteiger partial charge >= 0.3 is 0 Å². The second-order valence-electron chi connectivity index (χ2n) is 7.14. The molecular weight excluding hydrogens is 465 g/mol.